The van der Waals surface area contributed by atoms with Crippen molar-refractivity contribution in [2.45, 2.75) is 32.7 Å². The molecule has 0 spiro atoms. The normalized spacial score (nSPS) is 22.4. The van der Waals surface area contributed by atoms with Crippen LogP contribution in [-0.4, -0.2) is 78.1 Å². The average molecular weight is 285 g/mol. The Morgan fingerprint density at radius 1 is 1.30 bits per heavy atom. The molecule has 20 heavy (non-hydrogen) atoms. The summed E-state index contributed by atoms with van der Waals surface area (Å²) in [6.07, 6.45) is 1.48. The molecule has 1 aliphatic heterocycles. The molecule has 1 fully saturated rings. The highest BCUT2D eigenvalue weighted by atomic mass is 16.4. The molecule has 0 radical (unpaired) electrons. The molecule has 116 valence electrons. The van der Waals surface area contributed by atoms with Gasteiger partial charge in [0.25, 0.3) is 0 Å². The van der Waals surface area contributed by atoms with E-state index >= 15 is 0 Å². The molecule has 0 bridgehead atoms. The molecule has 1 N–H and O–H groups in total. The molecule has 1 saturated heterocycles. The minimum atomic E-state index is -0.802. The number of hydrogen-bond donors (Lipinski definition) is 1. The van der Waals surface area contributed by atoms with Crippen LogP contribution in [0.15, 0.2) is 0 Å². The van der Waals surface area contributed by atoms with Crippen LogP contribution in [0.1, 0.15) is 26.7 Å². The van der Waals surface area contributed by atoms with E-state index in [1.165, 1.54) is 0 Å². The number of likely N-dealkylation sites (tertiary alicyclic amines) is 1. The Labute approximate surface area is 121 Å². The van der Waals surface area contributed by atoms with Gasteiger partial charge in [-0.05, 0) is 47.3 Å². The number of carboxylic acids is 1. The highest BCUT2D eigenvalue weighted by molar-refractivity contribution is 5.78. The molecule has 6 heteroatoms. The number of carboxylic acid groups (broad SMARTS) is 1. The maximum absolute atomic E-state index is 12.5. The minimum Gasteiger partial charge on any atom is -0.481 e. The van der Waals surface area contributed by atoms with Crippen molar-refractivity contribution in [1.82, 2.24) is 14.7 Å². The molecular formula is C14H27N3O3. The molecule has 0 aliphatic carbocycles. The van der Waals surface area contributed by atoms with Crippen molar-refractivity contribution in [2.75, 3.05) is 40.3 Å². The van der Waals surface area contributed by atoms with Crippen LogP contribution in [0.3, 0.4) is 0 Å². The number of nitrogens with zero attached hydrogens (tertiary/aromatic N) is 3. The van der Waals surface area contributed by atoms with E-state index in [-0.39, 0.29) is 12.1 Å². The lowest BCUT2D eigenvalue weighted by atomic mass is 10.0. The molecule has 2 amide bonds. The number of carbonyl (C=O) groups is 2. The number of urea groups is 1. The smallest absolute Gasteiger partial charge is 0.320 e. The Morgan fingerprint density at radius 3 is 2.40 bits per heavy atom. The largest absolute Gasteiger partial charge is 0.481 e. The number of amides is 2. The highest BCUT2D eigenvalue weighted by Gasteiger charge is 2.39. The van der Waals surface area contributed by atoms with Crippen molar-refractivity contribution in [3.63, 3.8) is 0 Å². The second-order valence-corrected chi connectivity index (χ2v) is 5.69. The van der Waals surface area contributed by atoms with Crippen molar-refractivity contribution >= 4 is 12.0 Å². The summed E-state index contributed by atoms with van der Waals surface area (Å²) in [5, 5.41) is 9.12. The third-order valence-electron chi connectivity index (χ3n) is 4.00. The van der Waals surface area contributed by atoms with Crippen molar-refractivity contribution in [3.8, 4) is 0 Å². The monoisotopic (exact) mass is 285 g/mol. The number of aliphatic carboxylic acids is 1. The van der Waals surface area contributed by atoms with Gasteiger partial charge in [-0.25, -0.2) is 4.79 Å². The molecule has 1 rings (SSSR count). The fraction of sp³-hybridized carbons (Fsp3) is 0.857. The first kappa shape index (κ1) is 16.8. The van der Waals surface area contributed by atoms with Crippen LogP contribution in [0.5, 0.6) is 0 Å². The number of rotatable bonds is 6. The van der Waals surface area contributed by atoms with Crippen LogP contribution in [0.25, 0.3) is 0 Å². The summed E-state index contributed by atoms with van der Waals surface area (Å²) < 4.78 is 0. The molecule has 6 nitrogen and oxygen atoms in total. The first-order valence-electron chi connectivity index (χ1n) is 7.31. The zero-order valence-electron chi connectivity index (χ0n) is 13.0. The van der Waals surface area contributed by atoms with Gasteiger partial charge in [0.1, 0.15) is 0 Å². The molecule has 0 aromatic carbocycles. The van der Waals surface area contributed by atoms with Crippen LogP contribution < -0.4 is 0 Å². The van der Waals surface area contributed by atoms with Gasteiger partial charge in [-0.1, -0.05) is 0 Å². The Balaban J connectivity index is 2.56. The summed E-state index contributed by atoms with van der Waals surface area (Å²) in [5.74, 6) is -1.23. The van der Waals surface area contributed by atoms with Gasteiger partial charge in [-0.15, -0.1) is 0 Å². The van der Waals surface area contributed by atoms with E-state index in [9.17, 15) is 9.59 Å². The second kappa shape index (κ2) is 7.47. The first-order chi connectivity index (χ1) is 9.38. The predicted octanol–water partition coefficient (Wildman–Crippen LogP) is 1.17. The van der Waals surface area contributed by atoms with Gasteiger partial charge in [0.05, 0.1) is 5.92 Å². The predicted molar refractivity (Wildman–Crippen MR) is 77.7 cm³/mol. The van der Waals surface area contributed by atoms with E-state index in [0.29, 0.717) is 26.1 Å². The Morgan fingerprint density at radius 2 is 1.95 bits per heavy atom. The Kier molecular flexibility index (Phi) is 6.26. The molecule has 2 unspecified atom stereocenters. The molecular weight excluding hydrogens is 258 g/mol. The van der Waals surface area contributed by atoms with E-state index < -0.39 is 11.9 Å². The van der Waals surface area contributed by atoms with Gasteiger partial charge >= 0.3 is 12.0 Å². The number of carbonyl (C=O) groups excluding carboxylic acids is 1. The lowest BCUT2D eigenvalue weighted by molar-refractivity contribution is -0.142. The quantitative estimate of drug-likeness (QED) is 0.796. The highest BCUT2D eigenvalue weighted by Crippen LogP contribution is 2.25. The van der Waals surface area contributed by atoms with E-state index in [1.807, 2.05) is 32.8 Å². The van der Waals surface area contributed by atoms with Crippen molar-refractivity contribution in [3.05, 3.63) is 0 Å². The van der Waals surface area contributed by atoms with Crippen molar-refractivity contribution in [1.29, 1.82) is 0 Å². The van der Waals surface area contributed by atoms with Crippen LogP contribution in [0.4, 0.5) is 4.79 Å². The van der Waals surface area contributed by atoms with Crippen LogP contribution in [-0.2, 0) is 4.79 Å². The SMILES string of the molecule is CCN(CCCN(C)C)C(=O)N1CCC(C(=O)O)C1C. The van der Waals surface area contributed by atoms with Gasteiger partial charge in [-0.3, -0.25) is 4.79 Å². The maximum atomic E-state index is 12.5. The summed E-state index contributed by atoms with van der Waals surface area (Å²) in [6.45, 7) is 6.65. The third-order valence-corrected chi connectivity index (χ3v) is 4.00. The summed E-state index contributed by atoms with van der Waals surface area (Å²) in [7, 11) is 4.02. The zero-order chi connectivity index (χ0) is 15.3. The van der Waals surface area contributed by atoms with Crippen molar-refractivity contribution < 1.29 is 14.7 Å². The van der Waals surface area contributed by atoms with Gasteiger partial charge < -0.3 is 19.8 Å². The van der Waals surface area contributed by atoms with E-state index in [4.69, 9.17) is 5.11 Å². The fourth-order valence-electron chi connectivity index (χ4n) is 2.69. The van der Waals surface area contributed by atoms with Gasteiger partial charge in [0.15, 0.2) is 0 Å². The van der Waals surface area contributed by atoms with E-state index in [2.05, 4.69) is 4.90 Å². The maximum Gasteiger partial charge on any atom is 0.320 e. The summed E-state index contributed by atoms with van der Waals surface area (Å²) in [5.41, 5.74) is 0. The fourth-order valence-corrected chi connectivity index (χ4v) is 2.69. The second-order valence-electron chi connectivity index (χ2n) is 5.69. The minimum absolute atomic E-state index is 0.0255. The van der Waals surface area contributed by atoms with E-state index in [1.54, 1.807) is 4.90 Å². The Hall–Kier alpha value is -1.30. The number of hydrogen-bond acceptors (Lipinski definition) is 3. The van der Waals surface area contributed by atoms with Crippen LogP contribution in [0.2, 0.25) is 0 Å². The lowest BCUT2D eigenvalue weighted by Crippen LogP contribution is -2.46. The van der Waals surface area contributed by atoms with Crippen LogP contribution >= 0.6 is 0 Å². The molecule has 0 saturated carbocycles. The van der Waals surface area contributed by atoms with Gasteiger partial charge in [0.2, 0.25) is 0 Å². The van der Waals surface area contributed by atoms with E-state index in [0.717, 1.165) is 13.0 Å². The zero-order valence-corrected chi connectivity index (χ0v) is 13.0. The van der Waals surface area contributed by atoms with Gasteiger partial charge in [-0.2, -0.15) is 0 Å². The Bertz CT molecular complexity index is 347. The average Bonchev–Trinajstić information content (AvgIpc) is 2.75. The summed E-state index contributed by atoms with van der Waals surface area (Å²) in [4.78, 5) is 29.2. The molecule has 1 aliphatic rings. The molecule has 1 heterocycles. The first-order valence-corrected chi connectivity index (χ1v) is 7.31. The van der Waals surface area contributed by atoms with Gasteiger partial charge in [0, 0.05) is 25.7 Å². The summed E-state index contributed by atoms with van der Waals surface area (Å²) >= 11 is 0. The van der Waals surface area contributed by atoms with Crippen LogP contribution in [0, 0.1) is 5.92 Å². The third kappa shape index (κ3) is 4.10. The molecule has 0 aromatic heterocycles. The topological polar surface area (TPSA) is 64.1 Å². The summed E-state index contributed by atoms with van der Waals surface area (Å²) in [6, 6.07) is -0.245. The van der Waals surface area contributed by atoms with Crippen molar-refractivity contribution in [2.24, 2.45) is 5.92 Å². The standard InChI is InChI=1S/C14H27N3O3/c1-5-16(9-6-8-15(3)4)14(20)17-10-7-12(11(17)2)13(18)19/h11-12H,5-10H2,1-4H3,(H,18,19). The molecule has 2 atom stereocenters. The lowest BCUT2D eigenvalue weighted by Gasteiger charge is -2.30. The molecule has 0 aromatic rings.